The molecule has 0 spiro atoms. The largest absolute Gasteiger partial charge is 0.340 e. The summed E-state index contributed by atoms with van der Waals surface area (Å²) in [6, 6.07) is 0.121. The molecular weight excluding hydrogens is 198 g/mol. The van der Waals surface area contributed by atoms with Crippen LogP contribution in [0.1, 0.15) is 44.8 Å². The minimum Gasteiger partial charge on any atom is -0.340 e. The van der Waals surface area contributed by atoms with E-state index in [1.807, 2.05) is 24.1 Å². The Morgan fingerprint density at radius 1 is 1.38 bits per heavy atom. The van der Waals surface area contributed by atoms with Crippen LogP contribution in [0.2, 0.25) is 0 Å². The third-order valence-electron chi connectivity index (χ3n) is 4.21. The van der Waals surface area contributed by atoms with E-state index in [-0.39, 0.29) is 6.04 Å². The van der Waals surface area contributed by atoms with Crippen LogP contribution in [-0.4, -0.2) is 9.55 Å². The van der Waals surface area contributed by atoms with Crippen molar-refractivity contribution in [2.75, 3.05) is 0 Å². The molecule has 4 atom stereocenters. The van der Waals surface area contributed by atoms with Crippen LogP contribution in [0.4, 0.5) is 0 Å². The van der Waals surface area contributed by atoms with Gasteiger partial charge in [0.05, 0.1) is 18.1 Å². The first kappa shape index (κ1) is 11.6. The standard InChI is InChI=1S/C13H23N3/c1-9-4-5-11(6-10(9)2)13(14)12-7-16(3)8-15-12/h7-11,13H,4-6,14H2,1-3H3. The SMILES string of the molecule is CC1CCC(C(N)c2cn(C)cn2)CC1C. The molecule has 0 radical (unpaired) electrons. The molecule has 2 rings (SSSR count). The zero-order valence-electron chi connectivity index (χ0n) is 10.6. The zero-order chi connectivity index (χ0) is 11.7. The van der Waals surface area contributed by atoms with Crippen LogP contribution in [0.25, 0.3) is 0 Å². The molecule has 4 unspecified atom stereocenters. The Balaban J connectivity index is 2.02. The molecule has 3 heteroatoms. The quantitative estimate of drug-likeness (QED) is 0.834. The summed E-state index contributed by atoms with van der Waals surface area (Å²) in [6.45, 7) is 4.70. The molecule has 0 bridgehead atoms. The Labute approximate surface area is 98.1 Å². The van der Waals surface area contributed by atoms with Crippen molar-refractivity contribution in [3.63, 3.8) is 0 Å². The highest BCUT2D eigenvalue weighted by Crippen LogP contribution is 2.38. The predicted octanol–water partition coefficient (Wildman–Crippen LogP) is 2.49. The Morgan fingerprint density at radius 3 is 2.69 bits per heavy atom. The van der Waals surface area contributed by atoms with Crippen molar-refractivity contribution >= 4 is 0 Å². The van der Waals surface area contributed by atoms with E-state index in [9.17, 15) is 0 Å². The summed E-state index contributed by atoms with van der Waals surface area (Å²) in [5, 5.41) is 0. The predicted molar refractivity (Wildman–Crippen MR) is 65.8 cm³/mol. The third-order valence-corrected chi connectivity index (χ3v) is 4.21. The highest BCUT2D eigenvalue weighted by atomic mass is 15.0. The molecule has 1 aromatic rings. The average molecular weight is 221 g/mol. The lowest BCUT2D eigenvalue weighted by Crippen LogP contribution is -2.29. The first-order chi connectivity index (χ1) is 7.58. The Kier molecular flexibility index (Phi) is 3.33. The van der Waals surface area contributed by atoms with E-state index >= 15 is 0 Å². The van der Waals surface area contributed by atoms with Crippen molar-refractivity contribution < 1.29 is 0 Å². The molecule has 3 nitrogen and oxygen atoms in total. The average Bonchev–Trinajstić information content (AvgIpc) is 2.68. The minimum atomic E-state index is 0.121. The van der Waals surface area contributed by atoms with Gasteiger partial charge in [0.15, 0.2) is 0 Å². The van der Waals surface area contributed by atoms with E-state index in [1.165, 1.54) is 19.3 Å². The Morgan fingerprint density at radius 2 is 2.12 bits per heavy atom. The highest BCUT2D eigenvalue weighted by Gasteiger charge is 2.29. The smallest absolute Gasteiger partial charge is 0.0947 e. The monoisotopic (exact) mass is 221 g/mol. The fourth-order valence-corrected chi connectivity index (χ4v) is 2.76. The summed E-state index contributed by atoms with van der Waals surface area (Å²) >= 11 is 0. The second-order valence-electron chi connectivity index (χ2n) is 5.52. The fraction of sp³-hybridized carbons (Fsp3) is 0.769. The van der Waals surface area contributed by atoms with Gasteiger partial charge < -0.3 is 10.3 Å². The van der Waals surface area contributed by atoms with Crippen molar-refractivity contribution in [3.8, 4) is 0 Å². The normalized spacial score (nSPS) is 32.6. The summed E-state index contributed by atoms with van der Waals surface area (Å²) in [5.41, 5.74) is 7.37. The fourth-order valence-electron chi connectivity index (χ4n) is 2.76. The number of nitrogens with zero attached hydrogens (tertiary/aromatic N) is 2. The Hall–Kier alpha value is -0.830. The van der Waals surface area contributed by atoms with Crippen LogP contribution in [0.15, 0.2) is 12.5 Å². The number of nitrogens with two attached hydrogens (primary N) is 1. The molecule has 0 amide bonds. The highest BCUT2D eigenvalue weighted by molar-refractivity contribution is 5.05. The molecule has 1 heterocycles. The number of hydrogen-bond donors (Lipinski definition) is 1. The molecular formula is C13H23N3. The molecule has 2 N–H and O–H groups in total. The van der Waals surface area contributed by atoms with Crippen molar-refractivity contribution in [1.29, 1.82) is 0 Å². The molecule has 1 aliphatic carbocycles. The lowest BCUT2D eigenvalue weighted by atomic mass is 9.73. The maximum atomic E-state index is 6.31. The molecule has 1 aliphatic rings. The maximum Gasteiger partial charge on any atom is 0.0947 e. The van der Waals surface area contributed by atoms with E-state index in [0.29, 0.717) is 5.92 Å². The van der Waals surface area contributed by atoms with Gasteiger partial charge in [-0.25, -0.2) is 4.98 Å². The number of aromatic nitrogens is 2. The maximum absolute atomic E-state index is 6.31. The van der Waals surface area contributed by atoms with Crippen LogP contribution in [-0.2, 0) is 7.05 Å². The molecule has 1 saturated carbocycles. The number of imidazole rings is 1. The number of rotatable bonds is 2. The Bertz CT molecular complexity index is 345. The van der Waals surface area contributed by atoms with Gasteiger partial charge in [0.1, 0.15) is 0 Å². The van der Waals surface area contributed by atoms with Crippen molar-refractivity contribution in [2.45, 2.75) is 39.2 Å². The van der Waals surface area contributed by atoms with E-state index in [4.69, 9.17) is 5.73 Å². The van der Waals surface area contributed by atoms with E-state index < -0.39 is 0 Å². The second-order valence-corrected chi connectivity index (χ2v) is 5.52. The van der Waals surface area contributed by atoms with Crippen molar-refractivity contribution in [3.05, 3.63) is 18.2 Å². The van der Waals surface area contributed by atoms with Crippen molar-refractivity contribution in [1.82, 2.24) is 9.55 Å². The summed E-state index contributed by atoms with van der Waals surface area (Å²) in [6.07, 6.45) is 7.70. The van der Waals surface area contributed by atoms with E-state index in [2.05, 4.69) is 18.8 Å². The minimum absolute atomic E-state index is 0.121. The van der Waals surface area contributed by atoms with Gasteiger partial charge in [-0.05, 0) is 30.6 Å². The van der Waals surface area contributed by atoms with Gasteiger partial charge in [0.25, 0.3) is 0 Å². The molecule has 1 fully saturated rings. The summed E-state index contributed by atoms with van der Waals surface area (Å²) in [5.74, 6) is 2.27. The zero-order valence-corrected chi connectivity index (χ0v) is 10.6. The molecule has 0 aliphatic heterocycles. The van der Waals surface area contributed by atoms with Gasteiger partial charge >= 0.3 is 0 Å². The summed E-state index contributed by atoms with van der Waals surface area (Å²) in [4.78, 5) is 4.37. The van der Waals surface area contributed by atoms with Crippen LogP contribution in [0, 0.1) is 17.8 Å². The lowest BCUT2D eigenvalue weighted by Gasteiger charge is -2.34. The summed E-state index contributed by atoms with van der Waals surface area (Å²) in [7, 11) is 1.99. The first-order valence-corrected chi connectivity index (χ1v) is 6.31. The third kappa shape index (κ3) is 2.29. The number of hydrogen-bond acceptors (Lipinski definition) is 2. The van der Waals surface area contributed by atoms with E-state index in [0.717, 1.165) is 17.5 Å². The van der Waals surface area contributed by atoms with Gasteiger partial charge in [0, 0.05) is 13.2 Å². The van der Waals surface area contributed by atoms with Gasteiger partial charge in [-0.3, -0.25) is 0 Å². The van der Waals surface area contributed by atoms with Crippen LogP contribution < -0.4 is 5.73 Å². The molecule has 16 heavy (non-hydrogen) atoms. The van der Waals surface area contributed by atoms with Crippen LogP contribution >= 0.6 is 0 Å². The molecule has 0 aromatic carbocycles. The first-order valence-electron chi connectivity index (χ1n) is 6.31. The van der Waals surface area contributed by atoms with Crippen LogP contribution in [0.5, 0.6) is 0 Å². The van der Waals surface area contributed by atoms with Gasteiger partial charge in [-0.2, -0.15) is 0 Å². The van der Waals surface area contributed by atoms with Gasteiger partial charge in [-0.15, -0.1) is 0 Å². The molecule has 1 aromatic heterocycles. The topological polar surface area (TPSA) is 43.8 Å². The molecule has 0 saturated heterocycles. The summed E-state index contributed by atoms with van der Waals surface area (Å²) < 4.78 is 1.98. The van der Waals surface area contributed by atoms with Crippen LogP contribution in [0.3, 0.4) is 0 Å². The molecule has 90 valence electrons. The second kappa shape index (κ2) is 4.58. The lowest BCUT2D eigenvalue weighted by molar-refractivity contribution is 0.185. The van der Waals surface area contributed by atoms with Gasteiger partial charge in [-0.1, -0.05) is 20.3 Å². The van der Waals surface area contributed by atoms with E-state index in [1.54, 1.807) is 0 Å². The van der Waals surface area contributed by atoms with Gasteiger partial charge in [0.2, 0.25) is 0 Å². The van der Waals surface area contributed by atoms with Crippen molar-refractivity contribution in [2.24, 2.45) is 30.5 Å². The number of aryl methyl sites for hydroxylation is 1.